The highest BCUT2D eigenvalue weighted by molar-refractivity contribution is 7.15. The second-order valence-electron chi connectivity index (χ2n) is 9.04. The van der Waals surface area contributed by atoms with E-state index in [4.69, 9.17) is 4.74 Å². The van der Waals surface area contributed by atoms with Crippen molar-refractivity contribution in [1.29, 1.82) is 0 Å². The molecule has 192 valence electrons. The number of hydrogen-bond acceptors (Lipinski definition) is 7. The number of nitrogens with one attached hydrogen (secondary N) is 1. The molecule has 10 heteroatoms. The van der Waals surface area contributed by atoms with Gasteiger partial charge in [-0.3, -0.25) is 4.79 Å². The van der Waals surface area contributed by atoms with Crippen LogP contribution in [-0.4, -0.2) is 27.5 Å². The van der Waals surface area contributed by atoms with Crippen molar-refractivity contribution in [2.24, 2.45) is 5.92 Å². The number of hydrogen-bond donors (Lipinski definition) is 1. The molecule has 0 amide bonds. The van der Waals surface area contributed by atoms with Crippen LogP contribution in [0.4, 0.5) is 24.8 Å². The number of carbonyl (C=O) groups excluding carboxylic acids is 1. The molecule has 0 atom stereocenters. The van der Waals surface area contributed by atoms with Gasteiger partial charge >= 0.3 is 12.1 Å². The summed E-state index contributed by atoms with van der Waals surface area (Å²) in [5.41, 5.74) is 0.856. The van der Waals surface area contributed by atoms with Gasteiger partial charge in [0.1, 0.15) is 11.6 Å². The van der Waals surface area contributed by atoms with Gasteiger partial charge in [-0.2, -0.15) is 13.2 Å². The highest BCUT2D eigenvalue weighted by atomic mass is 32.1. The monoisotopic (exact) mass is 518 g/mol. The highest BCUT2D eigenvalue weighted by Gasteiger charge is 2.31. The van der Waals surface area contributed by atoms with Crippen molar-refractivity contribution in [1.82, 2.24) is 15.0 Å². The number of carbonyl (C=O) groups is 1. The fourth-order valence-electron chi connectivity index (χ4n) is 4.51. The Hall–Kier alpha value is -3.01. The molecule has 1 aliphatic carbocycles. The van der Waals surface area contributed by atoms with Crippen LogP contribution in [0.15, 0.2) is 36.7 Å². The Balaban J connectivity index is 1.46. The first-order valence-electron chi connectivity index (χ1n) is 12.1. The minimum absolute atomic E-state index is 0.00788. The molecule has 6 nitrogen and oxygen atoms in total. The largest absolute Gasteiger partial charge is 0.466 e. The summed E-state index contributed by atoms with van der Waals surface area (Å²) in [5, 5.41) is 3.95. The number of ether oxygens (including phenoxy) is 1. The molecule has 1 fully saturated rings. The topological polar surface area (TPSA) is 77.0 Å². The van der Waals surface area contributed by atoms with Gasteiger partial charge in [-0.1, -0.05) is 12.8 Å². The van der Waals surface area contributed by atoms with Crippen LogP contribution in [0.5, 0.6) is 0 Å². The van der Waals surface area contributed by atoms with Gasteiger partial charge in [-0.25, -0.2) is 15.0 Å². The summed E-state index contributed by atoms with van der Waals surface area (Å²) < 4.78 is 44.3. The number of aryl methyl sites for hydroxylation is 1. The van der Waals surface area contributed by atoms with E-state index in [0.717, 1.165) is 72.3 Å². The zero-order chi connectivity index (χ0) is 25.7. The number of thiazole rings is 1. The minimum atomic E-state index is -4.44. The average Bonchev–Trinajstić information content (AvgIpc) is 3.29. The van der Waals surface area contributed by atoms with E-state index in [9.17, 15) is 18.0 Å². The Morgan fingerprint density at radius 1 is 1.11 bits per heavy atom. The predicted molar refractivity (Wildman–Crippen MR) is 133 cm³/mol. The Labute approximate surface area is 212 Å². The summed E-state index contributed by atoms with van der Waals surface area (Å²) in [7, 11) is 0. The van der Waals surface area contributed by atoms with Crippen molar-refractivity contribution in [3.63, 3.8) is 0 Å². The molecule has 0 radical (unpaired) electrons. The molecule has 1 aliphatic rings. The van der Waals surface area contributed by atoms with E-state index < -0.39 is 11.7 Å². The fourth-order valence-corrected chi connectivity index (χ4v) is 5.56. The molecule has 3 heterocycles. The minimum Gasteiger partial charge on any atom is -0.466 e. The molecular formula is C26H29F3N4O2S. The predicted octanol–water partition coefficient (Wildman–Crippen LogP) is 7.29. The van der Waals surface area contributed by atoms with Gasteiger partial charge in [-0.15, -0.1) is 11.3 Å². The third-order valence-electron chi connectivity index (χ3n) is 6.27. The van der Waals surface area contributed by atoms with Crippen LogP contribution in [0.3, 0.4) is 0 Å². The highest BCUT2D eigenvalue weighted by Crippen LogP contribution is 2.38. The van der Waals surface area contributed by atoms with E-state index >= 15 is 0 Å². The lowest BCUT2D eigenvalue weighted by atomic mass is 9.86. The Kier molecular flexibility index (Phi) is 8.23. The first kappa shape index (κ1) is 26.1. The van der Waals surface area contributed by atoms with E-state index in [-0.39, 0.29) is 17.7 Å². The number of pyridine rings is 2. The summed E-state index contributed by atoms with van der Waals surface area (Å²) in [6.45, 7) is 4.16. The molecule has 0 unspecified atom stereocenters. The maximum atomic E-state index is 13.0. The third-order valence-corrected chi connectivity index (χ3v) is 7.45. The van der Waals surface area contributed by atoms with Crippen molar-refractivity contribution in [2.75, 3.05) is 11.9 Å². The van der Waals surface area contributed by atoms with Gasteiger partial charge in [-0.05, 0) is 69.4 Å². The van der Waals surface area contributed by atoms with Crippen LogP contribution in [0, 0.1) is 12.8 Å². The maximum Gasteiger partial charge on any atom is 0.416 e. The van der Waals surface area contributed by atoms with Gasteiger partial charge in [0.15, 0.2) is 0 Å². The van der Waals surface area contributed by atoms with Gasteiger partial charge in [0.05, 0.1) is 33.7 Å². The van der Waals surface area contributed by atoms with Crippen LogP contribution in [0.1, 0.15) is 67.5 Å². The molecule has 36 heavy (non-hydrogen) atoms. The van der Waals surface area contributed by atoms with Gasteiger partial charge in [0, 0.05) is 18.3 Å². The lowest BCUT2D eigenvalue weighted by molar-refractivity contribution is -0.148. The van der Waals surface area contributed by atoms with Crippen molar-refractivity contribution >= 4 is 28.9 Å². The maximum absolute atomic E-state index is 13.0. The molecule has 4 rings (SSSR count). The summed E-state index contributed by atoms with van der Waals surface area (Å²) in [6.07, 6.45) is 4.01. The van der Waals surface area contributed by atoms with E-state index in [2.05, 4.69) is 20.3 Å². The third kappa shape index (κ3) is 6.60. The van der Waals surface area contributed by atoms with E-state index in [1.165, 1.54) is 0 Å². The second kappa shape index (κ2) is 11.4. The van der Waals surface area contributed by atoms with Crippen molar-refractivity contribution in [3.05, 3.63) is 52.8 Å². The van der Waals surface area contributed by atoms with Crippen LogP contribution >= 0.6 is 11.3 Å². The fraction of sp³-hybridized carbons (Fsp3) is 0.462. The number of rotatable bonds is 6. The molecule has 3 aromatic rings. The van der Waals surface area contributed by atoms with Gasteiger partial charge in [0.2, 0.25) is 0 Å². The van der Waals surface area contributed by atoms with E-state index in [1.807, 2.05) is 26.1 Å². The summed E-state index contributed by atoms with van der Waals surface area (Å²) in [4.78, 5) is 26.3. The molecule has 0 spiro atoms. The summed E-state index contributed by atoms with van der Waals surface area (Å²) in [5.74, 6) is 0.745. The number of alkyl halides is 3. The van der Waals surface area contributed by atoms with Crippen molar-refractivity contribution < 1.29 is 22.7 Å². The Morgan fingerprint density at radius 2 is 1.86 bits per heavy atom. The molecule has 0 aromatic carbocycles. The molecule has 0 aliphatic heterocycles. The molecule has 1 N–H and O–H groups in total. The normalized spacial score (nSPS) is 18.8. The van der Waals surface area contributed by atoms with Gasteiger partial charge in [0.25, 0.3) is 0 Å². The van der Waals surface area contributed by atoms with Crippen LogP contribution in [0.25, 0.3) is 10.6 Å². The van der Waals surface area contributed by atoms with Crippen LogP contribution in [0.2, 0.25) is 0 Å². The Bertz CT molecular complexity index is 1190. The summed E-state index contributed by atoms with van der Waals surface area (Å²) in [6, 6.07) is 5.60. The SMILES string of the molecule is CCOC(=O)C1CCCC(c2ncc(-c3cc(C)cc(Nc4cc(C(F)(F)F)ccn4)n3)s2)CCC1. The molecule has 3 aromatic heterocycles. The van der Waals surface area contributed by atoms with Crippen molar-refractivity contribution in [3.8, 4) is 10.6 Å². The number of aromatic nitrogens is 3. The van der Waals surface area contributed by atoms with Crippen LogP contribution in [-0.2, 0) is 15.7 Å². The molecule has 0 bridgehead atoms. The van der Waals surface area contributed by atoms with Crippen LogP contribution < -0.4 is 5.32 Å². The summed E-state index contributed by atoms with van der Waals surface area (Å²) >= 11 is 1.60. The Morgan fingerprint density at radius 3 is 2.56 bits per heavy atom. The zero-order valence-electron chi connectivity index (χ0n) is 20.3. The second-order valence-corrected chi connectivity index (χ2v) is 10.1. The average molecular weight is 519 g/mol. The lowest BCUT2D eigenvalue weighted by Crippen LogP contribution is -2.20. The van der Waals surface area contributed by atoms with E-state index in [0.29, 0.717) is 24.0 Å². The van der Waals surface area contributed by atoms with Crippen molar-refractivity contribution in [2.45, 2.75) is 64.5 Å². The quantitative estimate of drug-likeness (QED) is 0.345. The number of esters is 1. The first-order valence-corrected chi connectivity index (χ1v) is 13.0. The van der Waals surface area contributed by atoms with E-state index in [1.54, 1.807) is 17.4 Å². The molecule has 1 saturated carbocycles. The lowest BCUT2D eigenvalue weighted by Gasteiger charge is -2.22. The molecule has 0 saturated heterocycles. The smallest absolute Gasteiger partial charge is 0.416 e. The number of anilines is 2. The zero-order valence-corrected chi connectivity index (χ0v) is 21.1. The first-order chi connectivity index (χ1) is 17.2. The number of nitrogens with zero attached hydrogens (tertiary/aromatic N) is 3. The standard InChI is InChI=1S/C26H29F3N4O2S/c1-3-35-25(34)18-8-4-6-17(7-5-9-18)24-31-15-21(36-24)20-12-16(2)13-23(32-20)33-22-14-19(10-11-30-22)26(27,28)29/h10-15,17-18H,3-9H2,1-2H3,(H,30,32,33). The molecular weight excluding hydrogens is 489 g/mol. The number of halogens is 3. The van der Waals surface area contributed by atoms with Gasteiger partial charge < -0.3 is 10.1 Å².